The molecule has 0 aliphatic carbocycles. The number of nitrogens with zero attached hydrogens (tertiary/aromatic N) is 2. The lowest BCUT2D eigenvalue weighted by atomic mass is 10.1. The van der Waals surface area contributed by atoms with E-state index in [1.807, 2.05) is 24.3 Å². The Morgan fingerprint density at radius 3 is 2.76 bits per heavy atom. The summed E-state index contributed by atoms with van der Waals surface area (Å²) in [7, 11) is 1.75. The zero-order valence-corrected chi connectivity index (χ0v) is 10.0. The lowest BCUT2D eigenvalue weighted by Gasteiger charge is -2.08. The monoisotopic (exact) mass is 226 g/mol. The number of hydrogen-bond acceptors (Lipinski definition) is 2. The average Bonchev–Trinajstić information content (AvgIpc) is 2.35. The highest BCUT2D eigenvalue weighted by atomic mass is 16.1. The van der Waals surface area contributed by atoms with Crippen molar-refractivity contribution in [3.8, 4) is 6.07 Å². The molecule has 1 heterocycles. The summed E-state index contributed by atoms with van der Waals surface area (Å²) in [6.07, 6.45) is 1.13. The molecule has 2 aromatic rings. The number of rotatable bonds is 2. The number of aryl methyl sites for hydroxylation is 2. The Morgan fingerprint density at radius 1 is 1.35 bits per heavy atom. The first-order valence-corrected chi connectivity index (χ1v) is 5.66. The minimum Gasteiger partial charge on any atom is -0.311 e. The van der Waals surface area contributed by atoms with E-state index in [0.29, 0.717) is 5.56 Å². The highest BCUT2D eigenvalue weighted by Gasteiger charge is 2.06. The molecule has 0 aliphatic rings. The van der Waals surface area contributed by atoms with Crippen molar-refractivity contribution in [1.82, 2.24) is 4.57 Å². The van der Waals surface area contributed by atoms with Crippen LogP contribution in [0.4, 0.5) is 0 Å². The largest absolute Gasteiger partial charge is 0.311 e. The molecule has 0 atom stereocenters. The summed E-state index contributed by atoms with van der Waals surface area (Å²) in [6, 6.07) is 9.94. The van der Waals surface area contributed by atoms with Crippen LogP contribution in [0.15, 0.2) is 29.1 Å². The van der Waals surface area contributed by atoms with Crippen LogP contribution < -0.4 is 5.56 Å². The highest BCUT2D eigenvalue weighted by Crippen LogP contribution is 2.16. The second-order valence-electron chi connectivity index (χ2n) is 4.12. The van der Waals surface area contributed by atoms with Crippen LogP contribution in [0.5, 0.6) is 0 Å². The van der Waals surface area contributed by atoms with Crippen molar-refractivity contribution in [1.29, 1.82) is 5.26 Å². The molecular formula is C14H14N2O. The number of fused-ring (bicyclic) bond motifs is 1. The van der Waals surface area contributed by atoms with E-state index in [-0.39, 0.29) is 12.0 Å². The van der Waals surface area contributed by atoms with Crippen LogP contribution in [0.3, 0.4) is 0 Å². The molecule has 0 N–H and O–H groups in total. The summed E-state index contributed by atoms with van der Waals surface area (Å²) >= 11 is 0. The first kappa shape index (κ1) is 11.4. The quantitative estimate of drug-likeness (QED) is 0.787. The average molecular weight is 226 g/mol. The fraction of sp³-hybridized carbons (Fsp3) is 0.286. The molecule has 0 amide bonds. The Kier molecular flexibility index (Phi) is 2.97. The minimum absolute atomic E-state index is 0.0803. The van der Waals surface area contributed by atoms with Gasteiger partial charge in [-0.05, 0) is 35.6 Å². The summed E-state index contributed by atoms with van der Waals surface area (Å²) in [5.74, 6) is 0. The van der Waals surface area contributed by atoms with Crippen molar-refractivity contribution in [3.63, 3.8) is 0 Å². The molecule has 1 aromatic heterocycles. The highest BCUT2D eigenvalue weighted by molar-refractivity contribution is 5.80. The Bertz CT molecular complexity index is 662. The molecule has 3 heteroatoms. The molecule has 0 spiro atoms. The van der Waals surface area contributed by atoms with Crippen LogP contribution >= 0.6 is 0 Å². The van der Waals surface area contributed by atoms with Gasteiger partial charge >= 0.3 is 0 Å². The number of nitriles is 1. The molecule has 0 fully saturated rings. The molecule has 86 valence electrons. The van der Waals surface area contributed by atoms with E-state index in [2.05, 4.69) is 13.0 Å². The minimum atomic E-state index is -0.0803. The standard InChI is InChI=1S/C14H14N2O/c1-3-10-4-5-13-12(8-10)9-11(6-7-15)14(17)16(13)2/h4-5,8-9H,3,6H2,1-2H3. The summed E-state index contributed by atoms with van der Waals surface area (Å²) < 4.78 is 1.61. The Hall–Kier alpha value is -2.08. The second kappa shape index (κ2) is 4.42. The number of pyridine rings is 1. The van der Waals surface area contributed by atoms with E-state index in [4.69, 9.17) is 5.26 Å². The van der Waals surface area contributed by atoms with Gasteiger partial charge in [-0.25, -0.2) is 0 Å². The van der Waals surface area contributed by atoms with Gasteiger partial charge in [-0.3, -0.25) is 4.79 Å². The zero-order valence-electron chi connectivity index (χ0n) is 10.0. The van der Waals surface area contributed by atoms with Gasteiger partial charge in [0.05, 0.1) is 18.0 Å². The van der Waals surface area contributed by atoms with Crippen LogP contribution in [0.1, 0.15) is 18.1 Å². The van der Waals surface area contributed by atoms with Crippen LogP contribution in [-0.2, 0) is 19.9 Å². The van der Waals surface area contributed by atoms with Crippen molar-refractivity contribution in [2.45, 2.75) is 19.8 Å². The van der Waals surface area contributed by atoms with Crippen molar-refractivity contribution in [2.75, 3.05) is 0 Å². The van der Waals surface area contributed by atoms with Gasteiger partial charge in [0.15, 0.2) is 0 Å². The van der Waals surface area contributed by atoms with Gasteiger partial charge in [0.2, 0.25) is 0 Å². The first-order chi connectivity index (χ1) is 8.17. The van der Waals surface area contributed by atoms with Crippen molar-refractivity contribution in [2.24, 2.45) is 7.05 Å². The lowest BCUT2D eigenvalue weighted by molar-refractivity contribution is 0.885. The van der Waals surface area contributed by atoms with Crippen LogP contribution in [0.25, 0.3) is 10.9 Å². The van der Waals surface area contributed by atoms with E-state index in [0.717, 1.165) is 17.3 Å². The maximum Gasteiger partial charge on any atom is 0.255 e. The van der Waals surface area contributed by atoms with Crippen LogP contribution in [0.2, 0.25) is 0 Å². The van der Waals surface area contributed by atoms with Gasteiger partial charge in [-0.2, -0.15) is 5.26 Å². The topological polar surface area (TPSA) is 45.8 Å². The first-order valence-electron chi connectivity index (χ1n) is 5.66. The van der Waals surface area contributed by atoms with Gasteiger partial charge in [0.1, 0.15) is 0 Å². The lowest BCUT2D eigenvalue weighted by Crippen LogP contribution is -2.21. The maximum absolute atomic E-state index is 11.9. The Morgan fingerprint density at radius 2 is 2.12 bits per heavy atom. The number of aromatic nitrogens is 1. The zero-order chi connectivity index (χ0) is 12.4. The third-order valence-electron chi connectivity index (χ3n) is 3.04. The van der Waals surface area contributed by atoms with Gasteiger partial charge in [-0.1, -0.05) is 13.0 Å². The fourth-order valence-electron chi connectivity index (χ4n) is 2.03. The normalized spacial score (nSPS) is 10.4. The maximum atomic E-state index is 11.9. The molecule has 3 nitrogen and oxygen atoms in total. The van der Waals surface area contributed by atoms with Gasteiger partial charge < -0.3 is 4.57 Å². The van der Waals surface area contributed by atoms with E-state index in [9.17, 15) is 4.79 Å². The smallest absolute Gasteiger partial charge is 0.255 e. The third kappa shape index (κ3) is 1.94. The molecule has 0 saturated heterocycles. The van der Waals surface area contributed by atoms with E-state index < -0.39 is 0 Å². The number of benzene rings is 1. The summed E-state index contributed by atoms with van der Waals surface area (Å²) in [4.78, 5) is 11.9. The number of hydrogen-bond donors (Lipinski definition) is 0. The van der Waals surface area contributed by atoms with Crippen LogP contribution in [-0.4, -0.2) is 4.57 Å². The fourth-order valence-corrected chi connectivity index (χ4v) is 2.03. The predicted molar refractivity (Wildman–Crippen MR) is 67.9 cm³/mol. The van der Waals surface area contributed by atoms with Crippen molar-refractivity contribution >= 4 is 10.9 Å². The molecule has 1 aromatic carbocycles. The van der Waals surface area contributed by atoms with Gasteiger partial charge in [-0.15, -0.1) is 0 Å². The molecule has 0 saturated carbocycles. The van der Waals surface area contributed by atoms with E-state index in [1.165, 1.54) is 5.56 Å². The Labute approximate surface area is 99.9 Å². The molecule has 0 radical (unpaired) electrons. The molecule has 0 bridgehead atoms. The van der Waals surface area contributed by atoms with E-state index >= 15 is 0 Å². The molecular weight excluding hydrogens is 212 g/mol. The molecule has 17 heavy (non-hydrogen) atoms. The van der Waals surface area contributed by atoms with Crippen LogP contribution in [0, 0.1) is 11.3 Å². The second-order valence-corrected chi connectivity index (χ2v) is 4.12. The van der Waals surface area contributed by atoms with Crippen molar-refractivity contribution in [3.05, 3.63) is 45.7 Å². The van der Waals surface area contributed by atoms with Gasteiger partial charge in [0, 0.05) is 12.6 Å². The molecule has 0 unspecified atom stereocenters. The summed E-state index contributed by atoms with van der Waals surface area (Å²) in [5.41, 5.74) is 2.63. The molecule has 2 rings (SSSR count). The molecule has 0 aliphatic heterocycles. The predicted octanol–water partition coefficient (Wildman–Crippen LogP) is 2.17. The van der Waals surface area contributed by atoms with Gasteiger partial charge in [0.25, 0.3) is 5.56 Å². The summed E-state index contributed by atoms with van der Waals surface area (Å²) in [6.45, 7) is 2.10. The van der Waals surface area contributed by atoms with E-state index in [1.54, 1.807) is 11.6 Å². The third-order valence-corrected chi connectivity index (χ3v) is 3.04. The summed E-state index contributed by atoms with van der Waals surface area (Å²) in [5, 5.41) is 9.73. The Balaban J connectivity index is 2.78. The SMILES string of the molecule is CCc1ccc2c(c1)cc(CC#N)c(=O)n2C. The van der Waals surface area contributed by atoms with Crippen molar-refractivity contribution < 1.29 is 0 Å².